The highest BCUT2D eigenvalue weighted by molar-refractivity contribution is 5.80. The normalized spacial score (nSPS) is 25.5. The third kappa shape index (κ3) is 3.20. The molecule has 3 heterocycles. The Morgan fingerprint density at radius 3 is 2.73 bits per heavy atom. The lowest BCUT2D eigenvalue weighted by Gasteiger charge is -2.31. The third-order valence-corrected chi connectivity index (χ3v) is 4.40. The summed E-state index contributed by atoms with van der Waals surface area (Å²) in [5.41, 5.74) is 0. The molecule has 1 aromatic heterocycles. The zero-order chi connectivity index (χ0) is 15.4. The van der Waals surface area contributed by atoms with Crippen LogP contribution in [0, 0.1) is 11.8 Å². The number of anilines is 1. The van der Waals surface area contributed by atoms with Gasteiger partial charge in [0.05, 0.1) is 12.5 Å². The average Bonchev–Trinajstić information content (AvgIpc) is 3.00. The van der Waals surface area contributed by atoms with Crippen LogP contribution in [0.4, 0.5) is 5.95 Å². The second kappa shape index (κ2) is 7.02. The number of hydrogen-bond donors (Lipinski definition) is 1. The van der Waals surface area contributed by atoms with Crippen molar-refractivity contribution < 1.29 is 9.53 Å². The number of piperazine rings is 1. The Labute approximate surface area is 130 Å². The summed E-state index contributed by atoms with van der Waals surface area (Å²) in [5, 5.41) is 3.28. The molecule has 2 atom stereocenters. The zero-order valence-corrected chi connectivity index (χ0v) is 12.9. The van der Waals surface area contributed by atoms with Crippen molar-refractivity contribution in [1.29, 1.82) is 0 Å². The molecule has 2 saturated heterocycles. The SMILES string of the molecule is COC[C@@H]1CN(c2ncccn2)C[C@H]1C(=O)N1CCNCC1. The minimum absolute atomic E-state index is 0.0399. The molecule has 120 valence electrons. The summed E-state index contributed by atoms with van der Waals surface area (Å²) in [6, 6.07) is 1.80. The van der Waals surface area contributed by atoms with E-state index in [4.69, 9.17) is 4.74 Å². The average molecular weight is 305 g/mol. The first-order chi connectivity index (χ1) is 10.8. The Bertz CT molecular complexity index is 492. The Morgan fingerprint density at radius 2 is 2.05 bits per heavy atom. The highest BCUT2D eigenvalue weighted by atomic mass is 16.5. The van der Waals surface area contributed by atoms with E-state index < -0.39 is 0 Å². The molecule has 2 aliphatic heterocycles. The van der Waals surface area contributed by atoms with Crippen molar-refractivity contribution >= 4 is 11.9 Å². The van der Waals surface area contributed by atoms with Gasteiger partial charge in [0.1, 0.15) is 0 Å². The number of aromatic nitrogens is 2. The predicted octanol–water partition coefficient (Wildman–Crippen LogP) is -0.393. The molecule has 1 aromatic rings. The summed E-state index contributed by atoms with van der Waals surface area (Å²) in [6.07, 6.45) is 3.47. The van der Waals surface area contributed by atoms with Crippen LogP contribution in [0.5, 0.6) is 0 Å². The molecule has 1 N–H and O–H groups in total. The fourth-order valence-electron chi connectivity index (χ4n) is 3.27. The lowest BCUT2D eigenvalue weighted by Crippen LogP contribution is -2.49. The van der Waals surface area contributed by atoms with Crippen LogP contribution >= 0.6 is 0 Å². The number of ether oxygens (including phenoxy) is 1. The molecule has 0 radical (unpaired) electrons. The van der Waals surface area contributed by atoms with Gasteiger partial charge in [-0.25, -0.2) is 9.97 Å². The van der Waals surface area contributed by atoms with Gasteiger partial charge in [-0.05, 0) is 6.07 Å². The van der Waals surface area contributed by atoms with Gasteiger partial charge in [-0.15, -0.1) is 0 Å². The maximum Gasteiger partial charge on any atom is 0.228 e. The van der Waals surface area contributed by atoms with Crippen LogP contribution in [0.15, 0.2) is 18.5 Å². The van der Waals surface area contributed by atoms with Crippen molar-refractivity contribution in [3.63, 3.8) is 0 Å². The van der Waals surface area contributed by atoms with Crippen LogP contribution in [-0.4, -0.2) is 73.8 Å². The van der Waals surface area contributed by atoms with Gasteiger partial charge in [-0.3, -0.25) is 4.79 Å². The standard InChI is InChI=1S/C15H23N5O2/c1-22-11-12-9-20(15-17-3-2-4-18-15)10-13(12)14(21)19-7-5-16-6-8-19/h2-4,12-13,16H,5-11H2,1H3/t12-,13+/m0/s1. The lowest BCUT2D eigenvalue weighted by molar-refractivity contribution is -0.137. The number of nitrogens with one attached hydrogen (secondary N) is 1. The summed E-state index contributed by atoms with van der Waals surface area (Å²) in [6.45, 7) is 5.35. The fourth-order valence-corrected chi connectivity index (χ4v) is 3.27. The van der Waals surface area contributed by atoms with E-state index in [0.717, 1.165) is 32.7 Å². The molecule has 7 heteroatoms. The summed E-state index contributed by atoms with van der Waals surface area (Å²) in [7, 11) is 1.69. The smallest absolute Gasteiger partial charge is 0.228 e. The topological polar surface area (TPSA) is 70.6 Å². The Hall–Kier alpha value is -1.73. The Morgan fingerprint density at radius 1 is 1.32 bits per heavy atom. The second-order valence-electron chi connectivity index (χ2n) is 5.85. The molecule has 2 fully saturated rings. The molecule has 0 aromatic carbocycles. The van der Waals surface area contributed by atoms with Gasteiger partial charge in [-0.2, -0.15) is 0 Å². The summed E-state index contributed by atoms with van der Waals surface area (Å²) in [5.74, 6) is 1.08. The van der Waals surface area contributed by atoms with E-state index in [2.05, 4.69) is 20.2 Å². The number of methoxy groups -OCH3 is 1. The van der Waals surface area contributed by atoms with Gasteiger partial charge in [0.2, 0.25) is 11.9 Å². The molecule has 0 bridgehead atoms. The van der Waals surface area contributed by atoms with E-state index in [9.17, 15) is 4.79 Å². The second-order valence-corrected chi connectivity index (χ2v) is 5.85. The van der Waals surface area contributed by atoms with Gasteiger partial charge < -0.3 is 19.9 Å². The molecule has 0 saturated carbocycles. The van der Waals surface area contributed by atoms with Crippen LogP contribution in [-0.2, 0) is 9.53 Å². The zero-order valence-electron chi connectivity index (χ0n) is 12.9. The number of hydrogen-bond acceptors (Lipinski definition) is 6. The van der Waals surface area contributed by atoms with Gasteiger partial charge >= 0.3 is 0 Å². The van der Waals surface area contributed by atoms with Crippen LogP contribution < -0.4 is 10.2 Å². The highest BCUT2D eigenvalue weighted by Crippen LogP contribution is 2.28. The number of amides is 1. The summed E-state index contributed by atoms with van der Waals surface area (Å²) < 4.78 is 5.33. The number of carbonyl (C=O) groups excluding carboxylic acids is 1. The maximum atomic E-state index is 12.8. The van der Waals surface area contributed by atoms with Crippen LogP contribution in [0.2, 0.25) is 0 Å². The predicted molar refractivity (Wildman–Crippen MR) is 82.6 cm³/mol. The number of rotatable bonds is 4. The van der Waals surface area contributed by atoms with Crippen molar-refractivity contribution in [3.8, 4) is 0 Å². The quantitative estimate of drug-likeness (QED) is 0.817. The molecule has 7 nitrogen and oxygen atoms in total. The third-order valence-electron chi connectivity index (χ3n) is 4.40. The van der Waals surface area contributed by atoms with E-state index in [1.807, 2.05) is 4.90 Å². The molecule has 22 heavy (non-hydrogen) atoms. The van der Waals surface area contributed by atoms with Crippen molar-refractivity contribution in [3.05, 3.63) is 18.5 Å². The lowest BCUT2D eigenvalue weighted by atomic mass is 9.95. The van der Waals surface area contributed by atoms with Crippen molar-refractivity contribution in [1.82, 2.24) is 20.2 Å². The highest BCUT2D eigenvalue weighted by Gasteiger charge is 2.40. The van der Waals surface area contributed by atoms with Gasteiger partial charge in [0.15, 0.2) is 0 Å². The Kier molecular flexibility index (Phi) is 4.84. The molecule has 0 spiro atoms. The Balaban J connectivity index is 1.72. The minimum Gasteiger partial charge on any atom is -0.384 e. The first-order valence-corrected chi connectivity index (χ1v) is 7.80. The van der Waals surface area contributed by atoms with Crippen LogP contribution in [0.1, 0.15) is 0 Å². The summed E-state index contributed by atoms with van der Waals surface area (Å²) >= 11 is 0. The van der Waals surface area contributed by atoms with Gasteiger partial charge in [0.25, 0.3) is 0 Å². The minimum atomic E-state index is -0.0399. The molecular formula is C15H23N5O2. The van der Waals surface area contributed by atoms with Crippen molar-refractivity contribution in [2.24, 2.45) is 11.8 Å². The van der Waals surface area contributed by atoms with E-state index in [-0.39, 0.29) is 17.7 Å². The largest absolute Gasteiger partial charge is 0.384 e. The van der Waals surface area contributed by atoms with Crippen molar-refractivity contribution in [2.45, 2.75) is 0 Å². The van der Waals surface area contributed by atoms with Crippen LogP contribution in [0.3, 0.4) is 0 Å². The fraction of sp³-hybridized carbons (Fsp3) is 0.667. The molecule has 0 unspecified atom stereocenters. The molecular weight excluding hydrogens is 282 g/mol. The van der Waals surface area contributed by atoms with E-state index >= 15 is 0 Å². The maximum absolute atomic E-state index is 12.8. The molecule has 3 rings (SSSR count). The first-order valence-electron chi connectivity index (χ1n) is 7.80. The van der Waals surface area contributed by atoms with Gasteiger partial charge in [0, 0.05) is 64.7 Å². The first kappa shape index (κ1) is 15.2. The van der Waals surface area contributed by atoms with E-state index in [0.29, 0.717) is 19.1 Å². The molecule has 0 aliphatic carbocycles. The number of nitrogens with zero attached hydrogens (tertiary/aromatic N) is 4. The van der Waals surface area contributed by atoms with E-state index in [1.54, 1.807) is 25.6 Å². The molecule has 1 amide bonds. The van der Waals surface area contributed by atoms with Crippen molar-refractivity contribution in [2.75, 3.05) is 57.9 Å². The van der Waals surface area contributed by atoms with E-state index in [1.165, 1.54) is 0 Å². The van der Waals surface area contributed by atoms with Gasteiger partial charge in [-0.1, -0.05) is 0 Å². The number of carbonyl (C=O) groups is 1. The molecule has 2 aliphatic rings. The monoisotopic (exact) mass is 305 g/mol. The summed E-state index contributed by atoms with van der Waals surface area (Å²) in [4.78, 5) is 25.5. The van der Waals surface area contributed by atoms with Crippen LogP contribution in [0.25, 0.3) is 0 Å².